The van der Waals surface area contributed by atoms with Crippen molar-refractivity contribution in [1.82, 2.24) is 9.62 Å². The van der Waals surface area contributed by atoms with E-state index in [-0.39, 0.29) is 33.4 Å². The van der Waals surface area contributed by atoms with Crippen molar-refractivity contribution in [2.75, 3.05) is 18.8 Å². The number of piperidine rings is 1. The van der Waals surface area contributed by atoms with E-state index in [1.54, 1.807) is 4.90 Å². The molecule has 0 radical (unpaired) electrons. The van der Waals surface area contributed by atoms with Crippen LogP contribution in [0.3, 0.4) is 0 Å². The molecule has 1 saturated carbocycles. The second-order valence-electron chi connectivity index (χ2n) is 8.16. The van der Waals surface area contributed by atoms with E-state index < -0.39 is 19.9 Å². The minimum atomic E-state index is -3.65. The first-order chi connectivity index (χ1) is 13.7. The summed E-state index contributed by atoms with van der Waals surface area (Å²) in [6.45, 7) is 2.69. The molecule has 1 heterocycles. The van der Waals surface area contributed by atoms with Crippen molar-refractivity contribution in [3.05, 3.63) is 24.3 Å². The van der Waals surface area contributed by atoms with E-state index in [4.69, 9.17) is 0 Å². The third-order valence-corrected chi connectivity index (χ3v) is 9.37. The Bertz CT molecular complexity index is 912. The highest BCUT2D eigenvalue weighted by Crippen LogP contribution is 2.24. The maximum Gasteiger partial charge on any atom is 0.240 e. The molecule has 1 amide bonds. The summed E-state index contributed by atoms with van der Waals surface area (Å²) in [6.07, 6.45) is 6.19. The van der Waals surface area contributed by atoms with Gasteiger partial charge in [0.05, 0.1) is 15.5 Å². The van der Waals surface area contributed by atoms with Crippen LogP contribution in [0.2, 0.25) is 0 Å². The molecule has 0 bridgehead atoms. The molecule has 0 spiro atoms. The Kier molecular flexibility index (Phi) is 7.01. The lowest BCUT2D eigenvalue weighted by atomic mass is 9.96. The fourth-order valence-electron chi connectivity index (χ4n) is 4.16. The number of likely N-dealkylation sites (tertiary alicyclic amines) is 1. The summed E-state index contributed by atoms with van der Waals surface area (Å²) in [5.74, 6) is 0.0439. The lowest BCUT2D eigenvalue weighted by Crippen LogP contribution is -2.38. The highest BCUT2D eigenvalue weighted by Gasteiger charge is 2.27. The van der Waals surface area contributed by atoms with Crippen LogP contribution in [-0.4, -0.2) is 52.5 Å². The summed E-state index contributed by atoms with van der Waals surface area (Å²) in [5.41, 5.74) is 0. The summed E-state index contributed by atoms with van der Waals surface area (Å²) in [7, 11) is -7.15. The lowest BCUT2D eigenvalue weighted by molar-refractivity contribution is -0.130. The number of amides is 1. The van der Waals surface area contributed by atoms with Gasteiger partial charge in [-0.1, -0.05) is 19.3 Å². The number of hydrogen-bond donors (Lipinski definition) is 1. The van der Waals surface area contributed by atoms with Gasteiger partial charge in [-0.15, -0.1) is 0 Å². The van der Waals surface area contributed by atoms with E-state index in [2.05, 4.69) is 4.72 Å². The summed E-state index contributed by atoms with van der Waals surface area (Å²) < 4.78 is 53.4. The molecule has 1 aliphatic heterocycles. The van der Waals surface area contributed by atoms with Gasteiger partial charge in [-0.25, -0.2) is 21.6 Å². The van der Waals surface area contributed by atoms with Gasteiger partial charge < -0.3 is 4.90 Å². The molecule has 0 atom stereocenters. The van der Waals surface area contributed by atoms with Gasteiger partial charge in [-0.2, -0.15) is 0 Å². The molecule has 2 aliphatic rings. The zero-order valence-electron chi connectivity index (χ0n) is 16.8. The topological polar surface area (TPSA) is 101 Å². The number of benzene rings is 1. The Labute approximate surface area is 173 Å². The Morgan fingerprint density at radius 3 is 2.03 bits per heavy atom. The van der Waals surface area contributed by atoms with E-state index >= 15 is 0 Å². The highest BCUT2D eigenvalue weighted by atomic mass is 32.2. The average Bonchev–Trinajstić information content (AvgIpc) is 2.68. The quantitative estimate of drug-likeness (QED) is 0.729. The van der Waals surface area contributed by atoms with Crippen molar-refractivity contribution in [1.29, 1.82) is 0 Å². The third kappa shape index (κ3) is 5.79. The monoisotopic (exact) mass is 442 g/mol. The van der Waals surface area contributed by atoms with Crippen LogP contribution >= 0.6 is 0 Å². The molecule has 3 rings (SSSR count). The Morgan fingerprint density at radius 1 is 0.931 bits per heavy atom. The molecular formula is C20H30N2O5S2. The predicted molar refractivity (Wildman–Crippen MR) is 111 cm³/mol. The average molecular weight is 443 g/mol. The van der Waals surface area contributed by atoms with Crippen LogP contribution < -0.4 is 4.72 Å². The van der Waals surface area contributed by atoms with E-state index in [0.717, 1.165) is 32.1 Å². The normalized spacial score (nSPS) is 20.0. The van der Waals surface area contributed by atoms with Gasteiger partial charge in [-0.3, -0.25) is 4.79 Å². The van der Waals surface area contributed by atoms with Gasteiger partial charge >= 0.3 is 0 Å². The molecule has 1 aliphatic carbocycles. The third-order valence-electron chi connectivity index (χ3n) is 5.94. The number of carbonyl (C=O) groups is 1. The van der Waals surface area contributed by atoms with E-state index in [1.165, 1.54) is 31.2 Å². The first-order valence-corrected chi connectivity index (χ1v) is 13.4. The molecule has 1 aromatic rings. The number of rotatable bonds is 6. The largest absolute Gasteiger partial charge is 0.343 e. The molecule has 7 nitrogen and oxygen atoms in total. The van der Waals surface area contributed by atoms with Crippen LogP contribution in [0.4, 0.5) is 0 Å². The summed E-state index contributed by atoms with van der Waals surface area (Å²) in [4.78, 5) is 13.4. The van der Waals surface area contributed by atoms with Gasteiger partial charge in [-0.05, 0) is 55.9 Å². The molecule has 1 N–H and O–H groups in total. The minimum Gasteiger partial charge on any atom is -0.343 e. The summed E-state index contributed by atoms with van der Waals surface area (Å²) in [5, 5.41) is 0. The molecule has 1 saturated heterocycles. The van der Waals surface area contributed by atoms with Crippen molar-refractivity contribution >= 4 is 25.8 Å². The zero-order chi connectivity index (χ0) is 21.1. The highest BCUT2D eigenvalue weighted by molar-refractivity contribution is 7.91. The van der Waals surface area contributed by atoms with Gasteiger partial charge in [0.1, 0.15) is 0 Å². The molecule has 162 valence electrons. The Hall–Kier alpha value is -1.45. The van der Waals surface area contributed by atoms with Crippen molar-refractivity contribution in [2.45, 2.75) is 67.7 Å². The SMILES string of the molecule is CC(=O)N1CCC(CS(=O)(=O)c2ccc(S(=O)(=O)NC3CCCCC3)cc2)CC1. The molecule has 0 aromatic heterocycles. The Morgan fingerprint density at radius 2 is 1.48 bits per heavy atom. The van der Waals surface area contributed by atoms with Crippen LogP contribution in [0.5, 0.6) is 0 Å². The van der Waals surface area contributed by atoms with Crippen molar-refractivity contribution < 1.29 is 21.6 Å². The smallest absolute Gasteiger partial charge is 0.240 e. The molecule has 0 unspecified atom stereocenters. The standard InChI is InChI=1S/C20H30N2O5S2/c1-16(23)22-13-11-17(12-14-22)15-28(24,25)19-7-9-20(10-8-19)29(26,27)21-18-5-3-2-4-6-18/h7-10,17-18,21H,2-6,11-15H2,1H3. The zero-order valence-corrected chi connectivity index (χ0v) is 18.5. The predicted octanol–water partition coefficient (Wildman–Crippen LogP) is 2.33. The van der Waals surface area contributed by atoms with E-state index in [0.29, 0.717) is 25.9 Å². The number of nitrogens with zero attached hydrogens (tertiary/aromatic N) is 1. The number of sulfonamides is 1. The van der Waals surface area contributed by atoms with Crippen LogP contribution in [0.15, 0.2) is 34.1 Å². The lowest BCUT2D eigenvalue weighted by Gasteiger charge is -2.31. The maximum atomic E-state index is 12.7. The van der Waals surface area contributed by atoms with Gasteiger partial charge in [0.15, 0.2) is 9.84 Å². The van der Waals surface area contributed by atoms with E-state index in [1.807, 2.05) is 0 Å². The number of sulfone groups is 1. The fourth-order valence-corrected chi connectivity index (χ4v) is 7.16. The number of hydrogen-bond acceptors (Lipinski definition) is 5. The van der Waals surface area contributed by atoms with E-state index in [9.17, 15) is 21.6 Å². The summed E-state index contributed by atoms with van der Waals surface area (Å²) in [6, 6.07) is 5.47. The fraction of sp³-hybridized carbons (Fsp3) is 0.650. The van der Waals surface area contributed by atoms with Crippen molar-refractivity contribution in [3.63, 3.8) is 0 Å². The van der Waals surface area contributed by atoms with Crippen LogP contribution in [0.25, 0.3) is 0 Å². The van der Waals surface area contributed by atoms with Crippen molar-refractivity contribution in [2.24, 2.45) is 5.92 Å². The van der Waals surface area contributed by atoms with Crippen LogP contribution in [-0.2, 0) is 24.7 Å². The maximum absolute atomic E-state index is 12.7. The van der Waals surface area contributed by atoms with Gasteiger partial charge in [0.2, 0.25) is 15.9 Å². The minimum absolute atomic E-state index is 0.00646. The van der Waals surface area contributed by atoms with Crippen molar-refractivity contribution in [3.8, 4) is 0 Å². The first-order valence-electron chi connectivity index (χ1n) is 10.3. The molecular weight excluding hydrogens is 412 g/mol. The first kappa shape index (κ1) is 22.2. The van der Waals surface area contributed by atoms with Crippen LogP contribution in [0, 0.1) is 5.92 Å². The summed E-state index contributed by atoms with van der Waals surface area (Å²) >= 11 is 0. The number of carbonyl (C=O) groups excluding carboxylic acids is 1. The molecule has 29 heavy (non-hydrogen) atoms. The molecule has 9 heteroatoms. The van der Waals surface area contributed by atoms with Gasteiger partial charge in [0, 0.05) is 26.1 Å². The second-order valence-corrected chi connectivity index (χ2v) is 11.9. The molecule has 1 aromatic carbocycles. The Balaban J connectivity index is 1.63. The molecule has 2 fully saturated rings. The van der Waals surface area contributed by atoms with Gasteiger partial charge in [0.25, 0.3) is 0 Å². The number of nitrogens with one attached hydrogen (secondary N) is 1. The van der Waals surface area contributed by atoms with Crippen LogP contribution in [0.1, 0.15) is 51.9 Å². The second kappa shape index (κ2) is 9.14.